The van der Waals surface area contributed by atoms with Gasteiger partial charge in [0.1, 0.15) is 5.82 Å². The Morgan fingerprint density at radius 2 is 2.28 bits per heavy atom. The number of hydrogen-bond acceptors (Lipinski definition) is 5. The number of carbonyl (C=O) groups is 2. The van der Waals surface area contributed by atoms with E-state index in [9.17, 15) is 14.0 Å². The number of carbonyl (C=O) groups excluding carboxylic acids is 2. The van der Waals surface area contributed by atoms with Gasteiger partial charge >= 0.3 is 11.9 Å². The Morgan fingerprint density at radius 3 is 3.00 bits per heavy atom. The largest absolute Gasteiger partial charge is 0.459 e. The molecule has 0 aliphatic rings. The number of rotatable bonds is 2. The Labute approximate surface area is 106 Å². The van der Waals surface area contributed by atoms with Crippen molar-refractivity contribution < 1.29 is 18.7 Å². The third-order valence-electron chi connectivity index (χ3n) is 2.03. The highest BCUT2D eigenvalue weighted by molar-refractivity contribution is 7.22. The predicted molar refractivity (Wildman–Crippen MR) is 64.8 cm³/mol. The maximum atomic E-state index is 13.0. The van der Waals surface area contributed by atoms with Crippen molar-refractivity contribution >= 4 is 38.6 Å². The summed E-state index contributed by atoms with van der Waals surface area (Å²) in [5, 5.41) is 2.54. The van der Waals surface area contributed by atoms with Gasteiger partial charge in [-0.25, -0.2) is 14.2 Å². The molecule has 2 rings (SSSR count). The molecule has 1 amide bonds. The quantitative estimate of drug-likeness (QED) is 0.667. The minimum absolute atomic E-state index is 0.122. The first-order valence-corrected chi connectivity index (χ1v) is 5.96. The Balaban J connectivity index is 2.17. The molecule has 0 aliphatic carbocycles. The zero-order valence-corrected chi connectivity index (χ0v) is 10.2. The van der Waals surface area contributed by atoms with Crippen LogP contribution in [-0.2, 0) is 14.3 Å². The van der Waals surface area contributed by atoms with Crippen LogP contribution in [-0.4, -0.2) is 23.5 Å². The Kier molecular flexibility index (Phi) is 3.52. The molecular weight excluding hydrogens is 259 g/mol. The average molecular weight is 268 g/mol. The molecule has 0 radical (unpaired) electrons. The molecule has 1 N–H and O–H groups in total. The summed E-state index contributed by atoms with van der Waals surface area (Å²) in [4.78, 5) is 26.5. The Bertz CT molecular complexity index is 611. The van der Waals surface area contributed by atoms with Gasteiger partial charge in [0, 0.05) is 0 Å². The van der Waals surface area contributed by atoms with E-state index in [0.717, 1.165) is 11.3 Å². The van der Waals surface area contributed by atoms with Crippen LogP contribution in [0.15, 0.2) is 18.2 Å². The van der Waals surface area contributed by atoms with Crippen LogP contribution < -0.4 is 5.32 Å². The number of ether oxygens (including phenoxy) is 1. The maximum Gasteiger partial charge on any atom is 0.397 e. The molecule has 0 fully saturated rings. The zero-order valence-electron chi connectivity index (χ0n) is 9.40. The van der Waals surface area contributed by atoms with Gasteiger partial charge in [-0.1, -0.05) is 11.3 Å². The van der Waals surface area contributed by atoms with E-state index in [1.165, 1.54) is 18.2 Å². The molecule has 2 aromatic rings. The summed E-state index contributed by atoms with van der Waals surface area (Å²) in [5.41, 5.74) is 0.556. The number of halogens is 1. The second kappa shape index (κ2) is 5.09. The van der Waals surface area contributed by atoms with E-state index in [4.69, 9.17) is 0 Å². The molecule has 0 saturated heterocycles. The lowest BCUT2D eigenvalue weighted by molar-refractivity contribution is -0.152. The number of aromatic nitrogens is 1. The van der Waals surface area contributed by atoms with E-state index in [2.05, 4.69) is 15.0 Å². The summed E-state index contributed by atoms with van der Waals surface area (Å²) < 4.78 is 18.1. The number of nitrogens with one attached hydrogen (secondary N) is 1. The van der Waals surface area contributed by atoms with Crippen LogP contribution in [0.2, 0.25) is 0 Å². The fourth-order valence-corrected chi connectivity index (χ4v) is 2.18. The minimum Gasteiger partial charge on any atom is -0.459 e. The normalized spacial score (nSPS) is 10.3. The number of thiazole rings is 1. The van der Waals surface area contributed by atoms with E-state index in [0.29, 0.717) is 10.2 Å². The first kappa shape index (κ1) is 12.4. The fourth-order valence-electron chi connectivity index (χ4n) is 1.30. The summed E-state index contributed by atoms with van der Waals surface area (Å²) in [6.07, 6.45) is 0. The summed E-state index contributed by atoms with van der Waals surface area (Å²) in [6, 6.07) is 4.09. The lowest BCUT2D eigenvalue weighted by Crippen LogP contribution is -2.24. The standard InChI is InChI=1S/C11H9FN2O3S/c1-2-17-10(16)9(15)14-11-13-7-4-3-6(12)5-8(7)18-11/h3-5H,2H2,1H3,(H,13,14,15). The first-order valence-electron chi connectivity index (χ1n) is 5.14. The van der Waals surface area contributed by atoms with Crippen LogP contribution in [0.3, 0.4) is 0 Å². The lowest BCUT2D eigenvalue weighted by Gasteiger charge is -2.00. The number of fused-ring (bicyclic) bond motifs is 1. The molecule has 7 heteroatoms. The second-order valence-corrected chi connectivity index (χ2v) is 4.34. The molecule has 18 heavy (non-hydrogen) atoms. The number of amides is 1. The van der Waals surface area contributed by atoms with Crippen LogP contribution in [0, 0.1) is 5.82 Å². The summed E-state index contributed by atoms with van der Waals surface area (Å²) >= 11 is 1.08. The van der Waals surface area contributed by atoms with Gasteiger partial charge in [-0.3, -0.25) is 10.1 Å². The highest BCUT2D eigenvalue weighted by Gasteiger charge is 2.16. The topological polar surface area (TPSA) is 68.3 Å². The molecule has 5 nitrogen and oxygen atoms in total. The molecule has 0 unspecified atom stereocenters. The summed E-state index contributed by atoms with van der Waals surface area (Å²) in [6.45, 7) is 1.73. The van der Waals surface area contributed by atoms with Gasteiger partial charge in [-0.05, 0) is 25.1 Å². The van der Waals surface area contributed by atoms with Gasteiger partial charge in [-0.15, -0.1) is 0 Å². The SMILES string of the molecule is CCOC(=O)C(=O)Nc1nc2ccc(F)cc2s1. The van der Waals surface area contributed by atoms with Crippen molar-refractivity contribution in [1.29, 1.82) is 0 Å². The van der Waals surface area contributed by atoms with Crippen LogP contribution in [0.1, 0.15) is 6.92 Å². The van der Waals surface area contributed by atoms with Gasteiger partial charge in [0.05, 0.1) is 16.8 Å². The summed E-state index contributed by atoms with van der Waals surface area (Å²) in [7, 11) is 0. The number of anilines is 1. The molecule has 1 aromatic carbocycles. The third kappa shape index (κ3) is 2.62. The maximum absolute atomic E-state index is 13.0. The molecule has 0 spiro atoms. The van der Waals surface area contributed by atoms with E-state index < -0.39 is 11.9 Å². The van der Waals surface area contributed by atoms with E-state index in [-0.39, 0.29) is 17.6 Å². The molecule has 0 aliphatic heterocycles. The van der Waals surface area contributed by atoms with E-state index in [1.807, 2.05) is 0 Å². The highest BCUT2D eigenvalue weighted by atomic mass is 32.1. The van der Waals surface area contributed by atoms with Crippen molar-refractivity contribution in [2.75, 3.05) is 11.9 Å². The third-order valence-corrected chi connectivity index (χ3v) is 2.97. The smallest absolute Gasteiger partial charge is 0.397 e. The van der Waals surface area contributed by atoms with Crippen molar-refractivity contribution in [2.24, 2.45) is 0 Å². The molecule has 0 atom stereocenters. The van der Waals surface area contributed by atoms with E-state index in [1.54, 1.807) is 6.92 Å². The highest BCUT2D eigenvalue weighted by Crippen LogP contribution is 2.26. The van der Waals surface area contributed by atoms with Crippen LogP contribution in [0.4, 0.5) is 9.52 Å². The van der Waals surface area contributed by atoms with Crippen molar-refractivity contribution in [3.63, 3.8) is 0 Å². The molecule has 94 valence electrons. The number of nitrogens with zero attached hydrogens (tertiary/aromatic N) is 1. The second-order valence-electron chi connectivity index (χ2n) is 3.31. The Morgan fingerprint density at radius 1 is 1.50 bits per heavy atom. The van der Waals surface area contributed by atoms with Crippen molar-refractivity contribution in [3.8, 4) is 0 Å². The molecule has 0 bridgehead atoms. The fraction of sp³-hybridized carbons (Fsp3) is 0.182. The number of esters is 1. The van der Waals surface area contributed by atoms with Crippen LogP contribution in [0.25, 0.3) is 10.2 Å². The van der Waals surface area contributed by atoms with Crippen LogP contribution >= 0.6 is 11.3 Å². The van der Waals surface area contributed by atoms with Crippen LogP contribution in [0.5, 0.6) is 0 Å². The zero-order chi connectivity index (χ0) is 13.1. The number of hydrogen-bond donors (Lipinski definition) is 1. The monoisotopic (exact) mass is 268 g/mol. The minimum atomic E-state index is -0.970. The number of benzene rings is 1. The van der Waals surface area contributed by atoms with Gasteiger partial charge in [0.2, 0.25) is 0 Å². The van der Waals surface area contributed by atoms with Gasteiger partial charge in [0.25, 0.3) is 0 Å². The Hall–Kier alpha value is -2.02. The summed E-state index contributed by atoms with van der Waals surface area (Å²) in [5.74, 6) is -2.24. The average Bonchev–Trinajstić information content (AvgIpc) is 2.70. The van der Waals surface area contributed by atoms with Gasteiger partial charge in [-0.2, -0.15) is 0 Å². The molecule has 1 heterocycles. The van der Waals surface area contributed by atoms with Crippen molar-refractivity contribution in [2.45, 2.75) is 6.92 Å². The van der Waals surface area contributed by atoms with Gasteiger partial charge < -0.3 is 4.74 Å². The van der Waals surface area contributed by atoms with Gasteiger partial charge in [0.15, 0.2) is 5.13 Å². The first-order chi connectivity index (χ1) is 8.60. The predicted octanol–water partition coefficient (Wildman–Crippen LogP) is 1.94. The lowest BCUT2D eigenvalue weighted by atomic mass is 10.3. The molecule has 0 saturated carbocycles. The van der Waals surface area contributed by atoms with Crippen molar-refractivity contribution in [1.82, 2.24) is 4.98 Å². The van der Waals surface area contributed by atoms with E-state index >= 15 is 0 Å². The molecule has 1 aromatic heterocycles. The molecular formula is C11H9FN2O3S. The van der Waals surface area contributed by atoms with Crippen molar-refractivity contribution in [3.05, 3.63) is 24.0 Å².